The van der Waals surface area contributed by atoms with Gasteiger partial charge in [0.25, 0.3) is 0 Å². The van der Waals surface area contributed by atoms with Crippen LogP contribution in [0.5, 0.6) is 0 Å². The predicted molar refractivity (Wildman–Crippen MR) is 126 cm³/mol. The highest BCUT2D eigenvalue weighted by Crippen LogP contribution is 2.29. The molecule has 1 amide bonds. The second-order valence-electron chi connectivity index (χ2n) is 9.02. The Labute approximate surface area is 196 Å². The van der Waals surface area contributed by atoms with Crippen molar-refractivity contribution in [2.45, 2.75) is 45.4 Å². The van der Waals surface area contributed by atoms with Crippen molar-refractivity contribution in [1.29, 1.82) is 0 Å². The zero-order valence-corrected chi connectivity index (χ0v) is 19.7. The molecule has 2 aromatic heterocycles. The second-order valence-corrected chi connectivity index (χ2v) is 9.42. The van der Waals surface area contributed by atoms with Crippen LogP contribution in [0.25, 0.3) is 11.0 Å². The van der Waals surface area contributed by atoms with Crippen LogP contribution in [0.15, 0.2) is 36.7 Å². The predicted octanol–water partition coefficient (Wildman–Crippen LogP) is 4.70. The fourth-order valence-corrected chi connectivity index (χ4v) is 3.76. The van der Waals surface area contributed by atoms with Crippen LogP contribution in [0.1, 0.15) is 39.3 Å². The molecule has 1 aliphatic rings. The van der Waals surface area contributed by atoms with Crippen molar-refractivity contribution in [1.82, 2.24) is 20.3 Å². The van der Waals surface area contributed by atoms with E-state index in [4.69, 9.17) is 21.3 Å². The Balaban J connectivity index is 1.48. The first-order chi connectivity index (χ1) is 15.6. The number of pyridine rings is 1. The molecular formula is C23H26ClFN6O2. The number of nitrogens with one attached hydrogen (secondary N) is 2. The summed E-state index contributed by atoms with van der Waals surface area (Å²) >= 11 is 5.93. The molecule has 4 rings (SSSR count). The molecule has 1 atom stereocenters. The minimum atomic E-state index is -0.540. The summed E-state index contributed by atoms with van der Waals surface area (Å²) in [5, 5.41) is 6.16. The molecule has 0 radical (unpaired) electrons. The van der Waals surface area contributed by atoms with Gasteiger partial charge in [-0.15, -0.1) is 0 Å². The van der Waals surface area contributed by atoms with Gasteiger partial charge in [0.05, 0.1) is 22.6 Å². The van der Waals surface area contributed by atoms with Gasteiger partial charge in [-0.2, -0.15) is 0 Å². The van der Waals surface area contributed by atoms with E-state index in [0.717, 1.165) is 5.82 Å². The minimum Gasteiger partial charge on any atom is -0.444 e. The third-order valence-corrected chi connectivity index (χ3v) is 5.49. The number of hydrogen-bond acceptors (Lipinski definition) is 7. The molecule has 1 aromatic carbocycles. The summed E-state index contributed by atoms with van der Waals surface area (Å²) in [5.41, 5.74) is 1.14. The molecule has 1 saturated heterocycles. The molecule has 3 aromatic rings. The Bertz CT molecular complexity index is 1180. The minimum absolute atomic E-state index is 0.0206. The summed E-state index contributed by atoms with van der Waals surface area (Å²) in [5.74, 6) is 0.775. The number of aromatic nitrogens is 3. The molecular weight excluding hydrogens is 447 g/mol. The number of carbonyl (C=O) groups is 1. The van der Waals surface area contributed by atoms with Gasteiger partial charge in [0.1, 0.15) is 29.1 Å². The first-order valence-corrected chi connectivity index (χ1v) is 11.0. The molecule has 2 N–H and O–H groups in total. The highest BCUT2D eigenvalue weighted by atomic mass is 35.5. The van der Waals surface area contributed by atoms with Gasteiger partial charge in [0, 0.05) is 18.7 Å². The number of ether oxygens (including phenoxy) is 1. The number of benzene rings is 1. The maximum atomic E-state index is 14.4. The number of alkyl carbamates (subject to hydrolysis) is 1. The number of fused-ring (bicyclic) bond motifs is 1. The Kier molecular flexibility index (Phi) is 6.25. The van der Waals surface area contributed by atoms with Crippen LogP contribution in [0.2, 0.25) is 5.02 Å². The maximum absolute atomic E-state index is 14.4. The van der Waals surface area contributed by atoms with Crippen molar-refractivity contribution in [3.8, 4) is 0 Å². The van der Waals surface area contributed by atoms with E-state index >= 15 is 0 Å². The fourth-order valence-electron chi connectivity index (χ4n) is 3.58. The average molecular weight is 473 g/mol. The number of carbonyl (C=O) groups excluding carboxylic acids is 1. The number of anilines is 2. The monoisotopic (exact) mass is 472 g/mol. The third-order valence-electron chi connectivity index (χ3n) is 5.19. The molecule has 10 heteroatoms. The molecule has 8 nitrogen and oxygen atoms in total. The molecule has 174 valence electrons. The normalized spacial score (nSPS) is 15.2. The molecule has 0 bridgehead atoms. The van der Waals surface area contributed by atoms with Crippen molar-refractivity contribution < 1.29 is 13.9 Å². The zero-order chi connectivity index (χ0) is 23.8. The van der Waals surface area contributed by atoms with E-state index in [-0.39, 0.29) is 11.1 Å². The van der Waals surface area contributed by atoms with Crippen LogP contribution in [-0.4, -0.2) is 45.8 Å². The summed E-state index contributed by atoms with van der Waals surface area (Å²) in [6.45, 7) is 8.53. The van der Waals surface area contributed by atoms with E-state index in [0.29, 0.717) is 35.5 Å². The molecule has 1 aliphatic heterocycles. The summed E-state index contributed by atoms with van der Waals surface area (Å²) in [6.07, 6.45) is 1.01. The Morgan fingerprint density at radius 1 is 1.24 bits per heavy atom. The second kappa shape index (κ2) is 8.97. The van der Waals surface area contributed by atoms with E-state index in [9.17, 15) is 9.18 Å². The van der Waals surface area contributed by atoms with Crippen molar-refractivity contribution in [2.75, 3.05) is 23.3 Å². The molecule has 0 saturated carbocycles. The molecule has 33 heavy (non-hydrogen) atoms. The number of amides is 1. The highest BCUT2D eigenvalue weighted by molar-refractivity contribution is 6.30. The lowest BCUT2D eigenvalue weighted by Gasteiger charge is -2.40. The first-order valence-electron chi connectivity index (χ1n) is 10.7. The van der Waals surface area contributed by atoms with Gasteiger partial charge in [0.15, 0.2) is 5.82 Å². The Hall–Kier alpha value is -3.20. The number of hydrogen-bond donors (Lipinski definition) is 2. The summed E-state index contributed by atoms with van der Waals surface area (Å²) in [6, 6.07) is 8.23. The van der Waals surface area contributed by atoms with Gasteiger partial charge < -0.3 is 20.3 Å². The van der Waals surface area contributed by atoms with Crippen LogP contribution in [0, 0.1) is 5.82 Å². The Morgan fingerprint density at radius 2 is 2.00 bits per heavy atom. The van der Waals surface area contributed by atoms with E-state index in [1.807, 2.05) is 44.7 Å². The van der Waals surface area contributed by atoms with Gasteiger partial charge in [-0.1, -0.05) is 23.7 Å². The fraction of sp³-hybridized carbons (Fsp3) is 0.391. The van der Waals surface area contributed by atoms with Crippen LogP contribution >= 0.6 is 11.6 Å². The Morgan fingerprint density at radius 3 is 2.73 bits per heavy atom. The maximum Gasteiger partial charge on any atom is 0.407 e. The molecule has 0 aliphatic carbocycles. The number of rotatable bonds is 5. The lowest BCUT2D eigenvalue weighted by molar-refractivity contribution is 0.0496. The average Bonchev–Trinajstić information content (AvgIpc) is 2.71. The van der Waals surface area contributed by atoms with Crippen molar-refractivity contribution in [3.63, 3.8) is 0 Å². The van der Waals surface area contributed by atoms with E-state index in [1.54, 1.807) is 12.1 Å². The van der Waals surface area contributed by atoms with Gasteiger partial charge in [-0.3, -0.25) is 0 Å². The highest BCUT2D eigenvalue weighted by Gasteiger charge is 2.31. The van der Waals surface area contributed by atoms with E-state index in [1.165, 1.54) is 12.4 Å². The van der Waals surface area contributed by atoms with Gasteiger partial charge in [-0.05, 0) is 45.9 Å². The molecule has 0 spiro atoms. The smallest absolute Gasteiger partial charge is 0.407 e. The van der Waals surface area contributed by atoms with Gasteiger partial charge in [-0.25, -0.2) is 24.1 Å². The summed E-state index contributed by atoms with van der Waals surface area (Å²) in [4.78, 5) is 27.3. The standard InChI is InChI=1S/C23H26ClFN6O2/c1-13(15-6-5-7-16(24)19(15)25)28-21-20-17(26-12-27-21)8-9-18(30-20)31-10-14(11-31)29-22(32)33-23(2,3)4/h5-9,12-14H,10-11H2,1-4H3,(H,29,32)(H,26,27,28). The van der Waals surface area contributed by atoms with E-state index < -0.39 is 23.6 Å². The number of halogens is 2. The first kappa shape index (κ1) is 23.0. The quantitative estimate of drug-likeness (QED) is 0.555. The zero-order valence-electron chi connectivity index (χ0n) is 18.9. The largest absolute Gasteiger partial charge is 0.444 e. The van der Waals surface area contributed by atoms with Gasteiger partial charge in [0.2, 0.25) is 0 Å². The molecule has 3 heterocycles. The molecule has 1 fully saturated rings. The van der Waals surface area contributed by atoms with Crippen LogP contribution in [-0.2, 0) is 4.74 Å². The SMILES string of the molecule is CC(Nc1ncnc2ccc(N3CC(NC(=O)OC(C)(C)C)C3)nc12)c1cccc(Cl)c1F. The van der Waals surface area contributed by atoms with Crippen LogP contribution < -0.4 is 15.5 Å². The van der Waals surface area contributed by atoms with Crippen LogP contribution in [0.3, 0.4) is 0 Å². The van der Waals surface area contributed by atoms with Crippen molar-refractivity contribution in [3.05, 3.63) is 53.1 Å². The lowest BCUT2D eigenvalue weighted by atomic mass is 10.1. The van der Waals surface area contributed by atoms with Crippen LogP contribution in [0.4, 0.5) is 20.8 Å². The molecule has 1 unspecified atom stereocenters. The van der Waals surface area contributed by atoms with Crippen molar-refractivity contribution in [2.24, 2.45) is 0 Å². The van der Waals surface area contributed by atoms with E-state index in [2.05, 4.69) is 20.6 Å². The van der Waals surface area contributed by atoms with Gasteiger partial charge >= 0.3 is 6.09 Å². The third kappa shape index (κ3) is 5.24. The topological polar surface area (TPSA) is 92.3 Å². The summed E-state index contributed by atoms with van der Waals surface area (Å²) < 4.78 is 19.7. The lowest BCUT2D eigenvalue weighted by Crippen LogP contribution is -2.60. The summed E-state index contributed by atoms with van der Waals surface area (Å²) in [7, 11) is 0. The number of nitrogens with zero attached hydrogens (tertiary/aromatic N) is 4. The van der Waals surface area contributed by atoms with Crippen molar-refractivity contribution >= 4 is 40.4 Å².